The van der Waals surface area contributed by atoms with Crippen LogP contribution in [-0.4, -0.2) is 58.0 Å². The molecule has 0 aliphatic carbocycles. The van der Waals surface area contributed by atoms with E-state index < -0.39 is 12.5 Å². The summed E-state index contributed by atoms with van der Waals surface area (Å²) in [5.41, 5.74) is 4.29. The molecular formula is C26H29ClF2N4O2S. The number of carbonyl (C=O) groups excluding carboxylic acids is 1. The van der Waals surface area contributed by atoms with E-state index in [-0.39, 0.29) is 37.0 Å². The molecule has 2 aliphatic heterocycles. The highest BCUT2D eigenvalue weighted by atomic mass is 35.5. The molecule has 5 rings (SSSR count). The Morgan fingerprint density at radius 1 is 1.31 bits per heavy atom. The van der Waals surface area contributed by atoms with Gasteiger partial charge >= 0.3 is 0 Å². The third kappa shape index (κ3) is 5.11. The Morgan fingerprint density at radius 2 is 2.11 bits per heavy atom. The molecule has 6 nitrogen and oxygen atoms in total. The molecule has 2 atom stereocenters. The highest BCUT2D eigenvalue weighted by Gasteiger charge is 2.37. The second-order valence-electron chi connectivity index (χ2n) is 10.2. The molecule has 1 N–H and O–H groups in total. The Kier molecular flexibility index (Phi) is 7.02. The minimum atomic E-state index is -2.56. The van der Waals surface area contributed by atoms with Crippen molar-refractivity contribution in [1.82, 2.24) is 20.2 Å². The van der Waals surface area contributed by atoms with Crippen LogP contribution in [0.2, 0.25) is 5.02 Å². The smallest absolute Gasteiger partial charge is 0.258 e. The molecule has 36 heavy (non-hydrogen) atoms. The monoisotopic (exact) mass is 534 g/mol. The van der Waals surface area contributed by atoms with Gasteiger partial charge in [-0.3, -0.25) is 4.79 Å². The first kappa shape index (κ1) is 25.4. The van der Waals surface area contributed by atoms with Crippen LogP contribution in [0.1, 0.15) is 42.7 Å². The van der Waals surface area contributed by atoms with Crippen LogP contribution in [0.3, 0.4) is 0 Å². The van der Waals surface area contributed by atoms with Crippen molar-refractivity contribution >= 4 is 39.1 Å². The lowest BCUT2D eigenvalue weighted by Gasteiger charge is -2.37. The van der Waals surface area contributed by atoms with Crippen molar-refractivity contribution in [3.8, 4) is 11.3 Å². The maximum atomic E-state index is 13.5. The molecule has 0 spiro atoms. The Bertz CT molecular complexity index is 1300. The van der Waals surface area contributed by atoms with Gasteiger partial charge in [0.25, 0.3) is 6.43 Å². The van der Waals surface area contributed by atoms with Crippen molar-refractivity contribution in [2.24, 2.45) is 0 Å². The molecule has 192 valence electrons. The number of alkyl halides is 2. The van der Waals surface area contributed by atoms with Gasteiger partial charge in [0.05, 0.1) is 40.2 Å². The van der Waals surface area contributed by atoms with Crippen LogP contribution in [0.25, 0.3) is 21.5 Å². The number of morpholine rings is 1. The van der Waals surface area contributed by atoms with Crippen LogP contribution in [0.15, 0.2) is 24.5 Å². The van der Waals surface area contributed by atoms with Crippen molar-refractivity contribution in [3.63, 3.8) is 0 Å². The number of ether oxygens (including phenoxy) is 1. The number of benzene rings is 1. The minimum absolute atomic E-state index is 0.00365. The lowest BCUT2D eigenvalue weighted by molar-refractivity contribution is -0.131. The summed E-state index contributed by atoms with van der Waals surface area (Å²) in [5, 5.41) is 4.07. The van der Waals surface area contributed by atoms with Gasteiger partial charge in [-0.25, -0.2) is 18.7 Å². The fourth-order valence-electron chi connectivity index (χ4n) is 5.23. The first-order valence-corrected chi connectivity index (χ1v) is 13.3. The van der Waals surface area contributed by atoms with Crippen LogP contribution in [0.5, 0.6) is 0 Å². The highest BCUT2D eigenvalue weighted by Crippen LogP contribution is 2.38. The Balaban J connectivity index is 1.51. The van der Waals surface area contributed by atoms with E-state index in [4.69, 9.17) is 16.3 Å². The maximum Gasteiger partial charge on any atom is 0.258 e. The first-order valence-electron chi connectivity index (χ1n) is 12.1. The van der Waals surface area contributed by atoms with Crippen molar-refractivity contribution in [3.05, 3.63) is 45.6 Å². The molecule has 2 saturated heterocycles. The predicted molar refractivity (Wildman–Crippen MR) is 138 cm³/mol. The number of fused-ring (bicyclic) bond motifs is 1. The van der Waals surface area contributed by atoms with Gasteiger partial charge in [0.1, 0.15) is 6.33 Å². The molecule has 3 aromatic rings. The van der Waals surface area contributed by atoms with E-state index in [0.29, 0.717) is 11.4 Å². The van der Waals surface area contributed by atoms with E-state index in [9.17, 15) is 13.6 Å². The van der Waals surface area contributed by atoms with Crippen LogP contribution in [0.4, 0.5) is 8.78 Å². The first-order chi connectivity index (χ1) is 17.1. The van der Waals surface area contributed by atoms with Gasteiger partial charge in [-0.1, -0.05) is 11.6 Å². The standard InChI is InChI=1S/C26H29ClF2N4O2S/c1-14-6-15(27)7-19(18(14)8-16-10-30-12-26(2,3)35-16)23-24-20(31-13-32-23)9-17(36-24)11-33-21(25(28)29)4-5-22(33)34/h6-7,9,13,16,21,25,30H,4-5,8,10-12H2,1-3H3. The second-order valence-corrected chi connectivity index (χ2v) is 11.8. The Morgan fingerprint density at radius 3 is 2.86 bits per heavy atom. The van der Waals surface area contributed by atoms with Crippen LogP contribution < -0.4 is 5.32 Å². The quantitative estimate of drug-likeness (QED) is 0.459. The zero-order valence-corrected chi connectivity index (χ0v) is 22.1. The van der Waals surface area contributed by atoms with Gasteiger partial charge < -0.3 is 15.0 Å². The molecule has 2 aliphatic rings. The number of amides is 1. The lowest BCUT2D eigenvalue weighted by Crippen LogP contribution is -2.51. The summed E-state index contributed by atoms with van der Waals surface area (Å²) in [5.74, 6) is -0.235. The number of likely N-dealkylation sites (tertiary alicyclic amines) is 1. The highest BCUT2D eigenvalue weighted by molar-refractivity contribution is 7.19. The molecule has 0 bridgehead atoms. The van der Waals surface area contributed by atoms with E-state index in [0.717, 1.165) is 50.6 Å². The second kappa shape index (κ2) is 9.93. The van der Waals surface area contributed by atoms with Crippen LogP contribution in [-0.2, 0) is 22.5 Å². The topological polar surface area (TPSA) is 67.4 Å². The van der Waals surface area contributed by atoms with Crippen molar-refractivity contribution in [2.75, 3.05) is 13.1 Å². The number of hydrogen-bond donors (Lipinski definition) is 1. The molecule has 2 unspecified atom stereocenters. The molecule has 10 heteroatoms. The SMILES string of the molecule is Cc1cc(Cl)cc(-c2ncnc3cc(CN4C(=O)CCC4C(F)F)sc23)c1CC1CNCC(C)(C)O1. The number of nitrogens with one attached hydrogen (secondary N) is 1. The predicted octanol–water partition coefficient (Wildman–Crippen LogP) is 5.39. The summed E-state index contributed by atoms with van der Waals surface area (Å²) in [7, 11) is 0. The van der Waals surface area contributed by atoms with Crippen molar-refractivity contribution < 1.29 is 18.3 Å². The fraction of sp³-hybridized carbons (Fsp3) is 0.500. The lowest BCUT2D eigenvalue weighted by atomic mass is 9.93. The van der Waals surface area contributed by atoms with E-state index in [2.05, 4.69) is 29.1 Å². The third-order valence-corrected chi connectivity index (χ3v) is 8.22. The third-order valence-electron chi connectivity index (χ3n) is 6.89. The van der Waals surface area contributed by atoms with E-state index >= 15 is 0 Å². The van der Waals surface area contributed by atoms with E-state index in [1.165, 1.54) is 22.6 Å². The largest absolute Gasteiger partial charge is 0.369 e. The number of aromatic nitrogens is 2. The number of thiophene rings is 1. The summed E-state index contributed by atoms with van der Waals surface area (Å²) in [6, 6.07) is 4.70. The summed E-state index contributed by atoms with van der Waals surface area (Å²) >= 11 is 7.93. The van der Waals surface area contributed by atoms with Gasteiger partial charge in [0, 0.05) is 41.4 Å². The molecule has 1 amide bonds. The average molecular weight is 535 g/mol. The number of halogens is 3. The van der Waals surface area contributed by atoms with Gasteiger partial charge in [0.15, 0.2) is 0 Å². The molecule has 0 saturated carbocycles. The fourth-order valence-corrected chi connectivity index (χ4v) is 6.61. The number of rotatable bonds is 6. The number of nitrogens with zero attached hydrogens (tertiary/aromatic N) is 3. The Labute approximate surface area is 218 Å². The van der Waals surface area contributed by atoms with Gasteiger partial charge in [-0.2, -0.15) is 0 Å². The molecule has 2 aromatic heterocycles. The molecule has 1 aromatic carbocycles. The number of hydrogen-bond acceptors (Lipinski definition) is 6. The van der Waals surface area contributed by atoms with Crippen molar-refractivity contribution in [1.29, 1.82) is 0 Å². The maximum absolute atomic E-state index is 13.5. The molecular weight excluding hydrogens is 506 g/mol. The molecule has 2 fully saturated rings. The van der Waals surface area contributed by atoms with Crippen molar-refractivity contribution in [2.45, 2.75) is 70.8 Å². The normalized spacial score (nSPS) is 22.2. The minimum Gasteiger partial charge on any atom is -0.369 e. The zero-order valence-electron chi connectivity index (χ0n) is 20.5. The summed E-state index contributed by atoms with van der Waals surface area (Å²) < 4.78 is 34.1. The zero-order chi connectivity index (χ0) is 25.6. The van der Waals surface area contributed by atoms with E-state index in [1.54, 1.807) is 0 Å². The summed E-state index contributed by atoms with van der Waals surface area (Å²) in [6.45, 7) is 7.88. The number of carbonyl (C=O) groups is 1. The van der Waals surface area contributed by atoms with E-state index in [1.807, 2.05) is 25.1 Å². The Hall–Kier alpha value is -2.20. The molecule has 0 radical (unpaired) electrons. The van der Waals surface area contributed by atoms with Crippen LogP contribution >= 0.6 is 22.9 Å². The van der Waals surface area contributed by atoms with Gasteiger partial charge in [-0.15, -0.1) is 11.3 Å². The summed E-state index contributed by atoms with van der Waals surface area (Å²) in [6.07, 6.45) is -0.0106. The number of aryl methyl sites for hydroxylation is 1. The van der Waals surface area contributed by atoms with Gasteiger partial charge in [0.2, 0.25) is 5.91 Å². The average Bonchev–Trinajstić information content (AvgIpc) is 3.38. The van der Waals surface area contributed by atoms with Gasteiger partial charge in [-0.05, 0) is 56.5 Å². The summed E-state index contributed by atoms with van der Waals surface area (Å²) in [4.78, 5) is 23.4. The molecule has 4 heterocycles. The van der Waals surface area contributed by atoms with Crippen LogP contribution in [0, 0.1) is 6.92 Å².